The van der Waals surface area contributed by atoms with E-state index in [0.29, 0.717) is 6.54 Å². The van der Waals surface area contributed by atoms with Crippen molar-refractivity contribution in [3.8, 4) is 0 Å². The largest absolute Gasteiger partial charge is 1.00 e. The van der Waals surface area contributed by atoms with E-state index in [1.807, 2.05) is 60.3 Å². The Kier molecular flexibility index (Phi) is 7.12. The van der Waals surface area contributed by atoms with E-state index in [0.717, 1.165) is 22.0 Å². The van der Waals surface area contributed by atoms with Crippen LogP contribution < -0.4 is 26.9 Å². The monoisotopic (exact) mass is 431 g/mol. The highest BCUT2D eigenvalue weighted by Gasteiger charge is 2.22. The highest BCUT2D eigenvalue weighted by atomic mass is 79.9. The van der Waals surface area contributed by atoms with Crippen LogP contribution in [0.3, 0.4) is 0 Å². The molecule has 3 aromatic rings. The van der Waals surface area contributed by atoms with Gasteiger partial charge >= 0.3 is 5.97 Å². The maximum Gasteiger partial charge on any atom is 0.326 e. The van der Waals surface area contributed by atoms with Gasteiger partial charge in [-0.05, 0) is 24.1 Å². The zero-order valence-electron chi connectivity index (χ0n) is 15.0. The van der Waals surface area contributed by atoms with Crippen LogP contribution in [0.2, 0.25) is 0 Å². The molecule has 0 bridgehead atoms. The molecule has 0 radical (unpaired) electrons. The second kappa shape index (κ2) is 9.32. The van der Waals surface area contributed by atoms with Crippen LogP contribution in [0.5, 0.6) is 0 Å². The van der Waals surface area contributed by atoms with Gasteiger partial charge in [-0.3, -0.25) is 4.79 Å². The summed E-state index contributed by atoms with van der Waals surface area (Å²) in [5.74, 6) is -1.31. The molecular formula is C20H22BrN3O3. The number of carboxylic acid groups (broad SMARTS) is 1. The van der Waals surface area contributed by atoms with Gasteiger partial charge in [0, 0.05) is 35.7 Å². The molecule has 6 nitrogen and oxygen atoms in total. The van der Waals surface area contributed by atoms with Gasteiger partial charge in [0.1, 0.15) is 6.04 Å². The number of benzene rings is 1. The average molecular weight is 432 g/mol. The minimum Gasteiger partial charge on any atom is -1.00 e. The molecule has 3 N–H and O–H groups in total. The zero-order valence-corrected chi connectivity index (χ0v) is 16.6. The molecule has 142 valence electrons. The molecule has 1 amide bonds. The summed E-state index contributed by atoms with van der Waals surface area (Å²) < 4.78 is 1.90. The SMILES string of the molecule is Cc1cc[n+](CCC(=O)NC(Cc2c[nH]c3ccccc23)C(=O)O)cc1.[Br-]. The first kappa shape index (κ1) is 20.6. The Morgan fingerprint density at radius 1 is 1.19 bits per heavy atom. The molecule has 2 heterocycles. The van der Waals surface area contributed by atoms with Gasteiger partial charge in [-0.25, -0.2) is 9.36 Å². The van der Waals surface area contributed by atoms with E-state index < -0.39 is 12.0 Å². The Morgan fingerprint density at radius 3 is 2.59 bits per heavy atom. The number of aromatic amines is 1. The van der Waals surface area contributed by atoms with Gasteiger partial charge in [0.2, 0.25) is 5.91 Å². The van der Waals surface area contributed by atoms with E-state index in [1.165, 1.54) is 0 Å². The molecule has 1 unspecified atom stereocenters. The zero-order chi connectivity index (χ0) is 18.5. The number of halogens is 1. The third-order valence-corrected chi connectivity index (χ3v) is 4.39. The number of aryl methyl sites for hydroxylation is 2. The molecule has 0 fully saturated rings. The number of pyridine rings is 1. The second-order valence-electron chi connectivity index (χ2n) is 6.39. The predicted molar refractivity (Wildman–Crippen MR) is 97.6 cm³/mol. The number of rotatable bonds is 7. The van der Waals surface area contributed by atoms with Gasteiger partial charge in [-0.1, -0.05) is 18.2 Å². The van der Waals surface area contributed by atoms with Crippen LogP contribution in [-0.2, 0) is 22.6 Å². The van der Waals surface area contributed by atoms with Crippen molar-refractivity contribution in [1.82, 2.24) is 10.3 Å². The van der Waals surface area contributed by atoms with E-state index in [9.17, 15) is 14.7 Å². The maximum atomic E-state index is 12.2. The lowest BCUT2D eigenvalue weighted by Crippen LogP contribution is -3.00. The van der Waals surface area contributed by atoms with Crippen molar-refractivity contribution in [2.45, 2.75) is 32.4 Å². The third-order valence-electron chi connectivity index (χ3n) is 4.39. The number of fused-ring (bicyclic) bond motifs is 1. The highest BCUT2D eigenvalue weighted by molar-refractivity contribution is 5.86. The van der Waals surface area contributed by atoms with Gasteiger partial charge in [0.05, 0.1) is 6.42 Å². The summed E-state index contributed by atoms with van der Waals surface area (Å²) in [5, 5.41) is 13.1. The van der Waals surface area contributed by atoms with E-state index in [1.54, 1.807) is 6.20 Å². The number of aliphatic carboxylic acids is 1. The summed E-state index contributed by atoms with van der Waals surface area (Å²) in [6.45, 7) is 2.50. The quantitative estimate of drug-likeness (QED) is 0.418. The molecule has 0 saturated heterocycles. The number of carboxylic acids is 1. The normalized spacial score (nSPS) is 11.6. The van der Waals surface area contributed by atoms with Crippen molar-refractivity contribution < 1.29 is 36.2 Å². The van der Waals surface area contributed by atoms with Gasteiger partial charge in [0.25, 0.3) is 0 Å². The number of H-pyrrole nitrogens is 1. The molecular weight excluding hydrogens is 410 g/mol. The molecule has 0 saturated carbocycles. The minimum atomic E-state index is -1.04. The molecule has 1 atom stereocenters. The number of para-hydroxylation sites is 1. The van der Waals surface area contributed by atoms with E-state index in [4.69, 9.17) is 0 Å². The van der Waals surface area contributed by atoms with Crippen LogP contribution in [0.1, 0.15) is 17.5 Å². The molecule has 1 aromatic carbocycles. The minimum absolute atomic E-state index is 0. The molecule has 2 aromatic heterocycles. The first-order valence-corrected chi connectivity index (χ1v) is 8.56. The van der Waals surface area contributed by atoms with Crippen LogP contribution in [-0.4, -0.2) is 28.0 Å². The standard InChI is InChI=1S/C20H21N3O3.BrH/c1-14-6-9-23(10-7-14)11-8-19(24)22-18(20(25)26)12-15-13-21-17-5-3-2-4-16(15)17;/h2-7,9-10,13,18,21H,8,11-12H2,1H3,(H-,22,24,25,26);1H. The summed E-state index contributed by atoms with van der Waals surface area (Å²) in [6, 6.07) is 10.7. The Balaban J connectivity index is 0.00000261. The van der Waals surface area contributed by atoms with Crippen molar-refractivity contribution >= 4 is 22.8 Å². The van der Waals surface area contributed by atoms with Crippen molar-refractivity contribution in [3.63, 3.8) is 0 Å². The van der Waals surface area contributed by atoms with Crippen molar-refractivity contribution in [3.05, 3.63) is 66.1 Å². The maximum absolute atomic E-state index is 12.2. The third kappa shape index (κ3) is 5.40. The van der Waals surface area contributed by atoms with Gasteiger partial charge < -0.3 is 32.4 Å². The van der Waals surface area contributed by atoms with Crippen LogP contribution in [0.15, 0.2) is 55.0 Å². The number of hydrogen-bond donors (Lipinski definition) is 3. The molecule has 0 spiro atoms. The van der Waals surface area contributed by atoms with Gasteiger partial charge in [0.15, 0.2) is 18.9 Å². The van der Waals surface area contributed by atoms with E-state index in [2.05, 4.69) is 10.3 Å². The Labute approximate surface area is 168 Å². The topological polar surface area (TPSA) is 86.1 Å². The fraction of sp³-hybridized carbons (Fsp3) is 0.250. The smallest absolute Gasteiger partial charge is 0.326 e. The Hall–Kier alpha value is -2.67. The average Bonchev–Trinajstić information content (AvgIpc) is 3.04. The van der Waals surface area contributed by atoms with Crippen LogP contribution in [0.25, 0.3) is 10.9 Å². The molecule has 0 aliphatic heterocycles. The summed E-state index contributed by atoms with van der Waals surface area (Å²) in [4.78, 5) is 26.9. The van der Waals surface area contributed by atoms with Crippen molar-refractivity contribution in [1.29, 1.82) is 0 Å². The van der Waals surface area contributed by atoms with Crippen LogP contribution in [0, 0.1) is 6.92 Å². The lowest BCUT2D eigenvalue weighted by atomic mass is 10.0. The Morgan fingerprint density at radius 2 is 1.89 bits per heavy atom. The fourth-order valence-corrected chi connectivity index (χ4v) is 2.90. The number of nitrogens with one attached hydrogen (secondary N) is 2. The number of nitrogens with zero attached hydrogens (tertiary/aromatic N) is 1. The second-order valence-corrected chi connectivity index (χ2v) is 6.39. The molecule has 3 rings (SSSR count). The molecule has 27 heavy (non-hydrogen) atoms. The molecule has 0 aliphatic carbocycles. The Bertz CT molecular complexity index is 922. The summed E-state index contributed by atoms with van der Waals surface area (Å²) >= 11 is 0. The van der Waals surface area contributed by atoms with Crippen LogP contribution >= 0.6 is 0 Å². The molecule has 0 aliphatic rings. The summed E-state index contributed by atoms with van der Waals surface area (Å²) in [5.41, 5.74) is 2.98. The lowest BCUT2D eigenvalue weighted by Gasteiger charge is -2.13. The van der Waals surface area contributed by atoms with Gasteiger partial charge in [-0.2, -0.15) is 0 Å². The predicted octanol–water partition coefficient (Wildman–Crippen LogP) is -1.03. The van der Waals surface area contributed by atoms with Crippen LogP contribution in [0.4, 0.5) is 0 Å². The number of amides is 1. The van der Waals surface area contributed by atoms with Gasteiger partial charge in [-0.15, -0.1) is 0 Å². The number of hydrogen-bond acceptors (Lipinski definition) is 2. The van der Waals surface area contributed by atoms with Crippen molar-refractivity contribution in [2.24, 2.45) is 0 Å². The molecule has 7 heteroatoms. The highest BCUT2D eigenvalue weighted by Crippen LogP contribution is 2.19. The van der Waals surface area contributed by atoms with Crippen molar-refractivity contribution in [2.75, 3.05) is 0 Å². The first-order valence-electron chi connectivity index (χ1n) is 8.56. The van der Waals surface area contributed by atoms with E-state index in [-0.39, 0.29) is 35.7 Å². The summed E-state index contributed by atoms with van der Waals surface area (Å²) in [6.07, 6.45) is 6.08. The van der Waals surface area contributed by atoms with E-state index >= 15 is 0 Å². The first-order chi connectivity index (χ1) is 12.5. The number of aromatic nitrogens is 2. The summed E-state index contributed by atoms with van der Waals surface area (Å²) in [7, 11) is 0. The number of carbonyl (C=O) groups excluding carboxylic acids is 1. The lowest BCUT2D eigenvalue weighted by molar-refractivity contribution is -0.695. The fourth-order valence-electron chi connectivity index (χ4n) is 2.90. The number of carbonyl (C=O) groups is 2.